The zero-order valence-corrected chi connectivity index (χ0v) is 31.5. The lowest BCUT2D eigenvalue weighted by Crippen LogP contribution is -2.62. The van der Waals surface area contributed by atoms with Gasteiger partial charge in [-0.2, -0.15) is 0 Å². The molecule has 0 aromatic heterocycles. The Bertz CT molecular complexity index is 1080. The van der Waals surface area contributed by atoms with Crippen LogP contribution in [0.5, 0.6) is 0 Å². The molecule has 0 aromatic rings. The van der Waals surface area contributed by atoms with Crippen molar-refractivity contribution in [3.05, 3.63) is 0 Å². The minimum atomic E-state index is 0.316. The molecule has 5 heterocycles. The van der Waals surface area contributed by atoms with E-state index < -0.39 is 0 Å². The van der Waals surface area contributed by atoms with Gasteiger partial charge in [0, 0.05) is 0 Å². The highest BCUT2D eigenvalue weighted by molar-refractivity contribution is 5.12. The fourth-order valence-corrected chi connectivity index (χ4v) is 14.7. The van der Waals surface area contributed by atoms with Crippen LogP contribution in [0.15, 0.2) is 0 Å². The molecule has 24 atom stereocenters. The number of hydrogen-bond donors (Lipinski definition) is 8. The lowest BCUT2D eigenvalue weighted by molar-refractivity contribution is -0.00655. The van der Waals surface area contributed by atoms with E-state index in [0.29, 0.717) is 120 Å². The minimum absolute atomic E-state index is 0.316. The minimum Gasteiger partial charge on any atom is -0.286 e. The highest BCUT2D eigenvalue weighted by atomic mass is 15.4. The molecular formula is C40H72N8. The van der Waals surface area contributed by atoms with Crippen LogP contribution >= 0.6 is 0 Å². The van der Waals surface area contributed by atoms with E-state index in [2.05, 4.69) is 97.9 Å². The van der Waals surface area contributed by atoms with Gasteiger partial charge in [0.1, 0.15) is 0 Å². The maximum atomic E-state index is 4.43. The summed E-state index contributed by atoms with van der Waals surface area (Å²) in [7, 11) is 0. The van der Waals surface area contributed by atoms with Crippen molar-refractivity contribution in [1.82, 2.24) is 42.5 Å². The third-order valence-corrected chi connectivity index (χ3v) is 18.2. The summed E-state index contributed by atoms with van der Waals surface area (Å²) in [5.74, 6) is 11.0. The van der Waals surface area contributed by atoms with Crippen molar-refractivity contribution in [3.63, 3.8) is 0 Å². The predicted octanol–water partition coefficient (Wildman–Crippen LogP) is 4.57. The molecule has 0 radical (unpaired) electrons. The second-order valence-corrected chi connectivity index (χ2v) is 19.6. The molecule has 272 valence electrons. The van der Waals surface area contributed by atoms with E-state index in [1.807, 2.05) is 0 Å². The Morgan fingerprint density at radius 3 is 0.667 bits per heavy atom. The van der Waals surface area contributed by atoms with Crippen molar-refractivity contribution in [1.29, 1.82) is 0 Å². The molecule has 48 heavy (non-hydrogen) atoms. The number of hydrogen-bond acceptors (Lipinski definition) is 8. The Morgan fingerprint density at radius 2 is 0.438 bits per heavy atom. The molecule has 8 N–H and O–H groups in total. The predicted molar refractivity (Wildman–Crippen MR) is 194 cm³/mol. The molecule has 9 aliphatic rings. The van der Waals surface area contributed by atoms with Crippen LogP contribution in [-0.4, -0.2) is 49.3 Å². The van der Waals surface area contributed by atoms with E-state index in [-0.39, 0.29) is 0 Å². The van der Waals surface area contributed by atoms with E-state index >= 15 is 0 Å². The maximum absolute atomic E-state index is 4.43. The fourth-order valence-electron chi connectivity index (χ4n) is 14.7. The van der Waals surface area contributed by atoms with Crippen LogP contribution in [0.1, 0.15) is 107 Å². The Hall–Kier alpha value is -0.320. The molecule has 0 amide bonds. The third-order valence-electron chi connectivity index (χ3n) is 18.2. The zero-order chi connectivity index (χ0) is 33.2. The van der Waals surface area contributed by atoms with E-state index in [1.54, 1.807) is 0 Å². The first kappa shape index (κ1) is 33.5. The molecule has 5 aliphatic heterocycles. The van der Waals surface area contributed by atoms with Gasteiger partial charge in [0.25, 0.3) is 0 Å². The molecule has 9 fully saturated rings. The third kappa shape index (κ3) is 5.10. The summed E-state index contributed by atoms with van der Waals surface area (Å²) in [5.41, 5.74) is 0. The topological polar surface area (TPSA) is 96.2 Å². The van der Waals surface area contributed by atoms with Crippen LogP contribution in [0, 0.1) is 94.7 Å². The van der Waals surface area contributed by atoms with E-state index in [0.717, 1.165) is 23.7 Å². The first-order valence-electron chi connectivity index (χ1n) is 21.2. The summed E-state index contributed by atoms with van der Waals surface area (Å²) in [6.45, 7) is 20.5. The molecule has 0 spiro atoms. The SMILES string of the molecule is CC1C(C)C(C)C2C3NC(NC4NC(NC5NC(NC6NC(N3)C3C(C)C(C)C(C)C(C)C63)C3CCCCC53)C3CCCCC43)C2C1C. The summed E-state index contributed by atoms with van der Waals surface area (Å²) in [6.07, 6.45) is 13.7. The van der Waals surface area contributed by atoms with Crippen molar-refractivity contribution in [2.75, 3.05) is 0 Å². The van der Waals surface area contributed by atoms with Crippen molar-refractivity contribution >= 4 is 0 Å². The molecule has 0 aromatic carbocycles. The lowest BCUT2D eigenvalue weighted by Gasteiger charge is -2.49. The summed E-state index contributed by atoms with van der Waals surface area (Å²) in [6, 6.07) is 0. The van der Waals surface area contributed by atoms with Gasteiger partial charge in [-0.15, -0.1) is 0 Å². The molecule has 9 rings (SSSR count). The van der Waals surface area contributed by atoms with Gasteiger partial charge in [0.05, 0.1) is 49.3 Å². The number of fused-ring (bicyclic) bond motifs is 20. The van der Waals surface area contributed by atoms with Gasteiger partial charge in [-0.3, -0.25) is 42.5 Å². The summed E-state index contributed by atoms with van der Waals surface area (Å²) >= 11 is 0. The molecule has 4 aliphatic carbocycles. The van der Waals surface area contributed by atoms with Crippen LogP contribution in [0.4, 0.5) is 0 Å². The van der Waals surface area contributed by atoms with Crippen LogP contribution in [0.2, 0.25) is 0 Å². The first-order chi connectivity index (χ1) is 23.1. The van der Waals surface area contributed by atoms with Crippen molar-refractivity contribution in [2.45, 2.75) is 156 Å². The summed E-state index contributed by atoms with van der Waals surface area (Å²) in [5, 5.41) is 34.7. The first-order valence-corrected chi connectivity index (χ1v) is 21.2. The normalized spacial score (nSPS) is 62.5. The van der Waals surface area contributed by atoms with Crippen LogP contribution in [0.25, 0.3) is 0 Å². The number of rotatable bonds is 0. The average Bonchev–Trinajstić information content (AvgIpc) is 3.83. The Balaban J connectivity index is 1.10. The smallest absolute Gasteiger partial charge is 0.0631 e. The quantitative estimate of drug-likeness (QED) is 0.191. The van der Waals surface area contributed by atoms with Gasteiger partial charge in [-0.05, 0) is 120 Å². The highest BCUT2D eigenvalue weighted by Gasteiger charge is 2.60. The van der Waals surface area contributed by atoms with Gasteiger partial charge in [-0.25, -0.2) is 0 Å². The highest BCUT2D eigenvalue weighted by Crippen LogP contribution is 2.54. The fraction of sp³-hybridized carbons (Fsp3) is 1.00. The molecule has 8 nitrogen and oxygen atoms in total. The van der Waals surface area contributed by atoms with Gasteiger partial charge in [0.15, 0.2) is 0 Å². The van der Waals surface area contributed by atoms with Gasteiger partial charge >= 0.3 is 0 Å². The largest absolute Gasteiger partial charge is 0.286 e. The monoisotopic (exact) mass is 665 g/mol. The Morgan fingerprint density at radius 1 is 0.250 bits per heavy atom. The Labute approximate surface area is 292 Å². The second kappa shape index (κ2) is 12.7. The zero-order valence-electron chi connectivity index (χ0n) is 31.5. The molecule has 8 bridgehead atoms. The van der Waals surface area contributed by atoms with Crippen LogP contribution < -0.4 is 42.5 Å². The van der Waals surface area contributed by atoms with Crippen molar-refractivity contribution < 1.29 is 0 Å². The van der Waals surface area contributed by atoms with Crippen LogP contribution in [0.3, 0.4) is 0 Å². The molecule has 24 unspecified atom stereocenters. The summed E-state index contributed by atoms with van der Waals surface area (Å²) < 4.78 is 0. The van der Waals surface area contributed by atoms with Gasteiger partial charge < -0.3 is 0 Å². The van der Waals surface area contributed by atoms with E-state index in [1.165, 1.54) is 51.4 Å². The van der Waals surface area contributed by atoms with Gasteiger partial charge in [0.2, 0.25) is 0 Å². The lowest BCUT2D eigenvalue weighted by atomic mass is 9.58. The van der Waals surface area contributed by atoms with Crippen LogP contribution in [-0.2, 0) is 0 Å². The maximum Gasteiger partial charge on any atom is 0.0631 e. The standard InChI is InChI=1S/C40H72N8/c1-17-19(3)23(7)31-29(21(17)5)37-44-35-27-15-11-9-13-25(27)33(42-35)41-34-26-14-10-12-16-28(26)36(43-34)45-38-30-22(6)18(2)20(4)24(8)32(30)40(47-38)48-39(31)46-37/h17-48H,9-16H2,1-8H3. The van der Waals surface area contributed by atoms with E-state index in [9.17, 15) is 0 Å². The Kier molecular flexibility index (Phi) is 8.85. The average molecular weight is 665 g/mol. The van der Waals surface area contributed by atoms with Gasteiger partial charge in [-0.1, -0.05) is 81.1 Å². The van der Waals surface area contributed by atoms with Crippen molar-refractivity contribution in [3.8, 4) is 0 Å². The second-order valence-electron chi connectivity index (χ2n) is 19.6. The summed E-state index contributed by atoms with van der Waals surface area (Å²) in [4.78, 5) is 0. The molecule has 4 saturated carbocycles. The molecule has 5 saturated heterocycles. The number of nitrogens with one attached hydrogen (secondary N) is 8. The molecule has 8 heteroatoms. The van der Waals surface area contributed by atoms with Crippen molar-refractivity contribution in [2.24, 2.45) is 94.7 Å². The van der Waals surface area contributed by atoms with E-state index in [4.69, 9.17) is 0 Å². The molecular weight excluding hydrogens is 592 g/mol.